The third-order valence-electron chi connectivity index (χ3n) is 5.36. The molecule has 0 spiro atoms. The molecule has 6 nitrogen and oxygen atoms in total. The van der Waals surface area contributed by atoms with Gasteiger partial charge in [0, 0.05) is 58.7 Å². The average Bonchev–Trinajstić information content (AvgIpc) is 2.79. The Kier molecular flexibility index (Phi) is 10.8. The Bertz CT molecular complexity index is 865. The Morgan fingerprint density at radius 1 is 1.12 bits per heavy atom. The quantitative estimate of drug-likeness (QED) is 0.321. The third-order valence-corrected chi connectivity index (χ3v) is 5.36. The van der Waals surface area contributed by atoms with Gasteiger partial charge in [-0.15, -0.1) is 24.0 Å². The molecular formula is C25H35IN4O2. The van der Waals surface area contributed by atoms with Crippen molar-refractivity contribution < 1.29 is 9.53 Å². The van der Waals surface area contributed by atoms with E-state index in [9.17, 15) is 4.79 Å². The van der Waals surface area contributed by atoms with Crippen molar-refractivity contribution in [1.29, 1.82) is 0 Å². The van der Waals surface area contributed by atoms with Crippen molar-refractivity contribution in [2.75, 3.05) is 40.3 Å². The van der Waals surface area contributed by atoms with E-state index in [1.165, 1.54) is 0 Å². The van der Waals surface area contributed by atoms with Crippen LogP contribution < -0.4 is 10.1 Å². The van der Waals surface area contributed by atoms with Crippen LogP contribution in [0.3, 0.4) is 0 Å². The Balaban J connectivity index is 0.00000363. The number of hydrogen-bond donors (Lipinski definition) is 1. The topological polar surface area (TPSA) is 57.2 Å². The number of likely N-dealkylation sites (tertiary alicyclic amines) is 1. The fourth-order valence-corrected chi connectivity index (χ4v) is 3.71. The first kappa shape index (κ1) is 26.0. The fourth-order valence-electron chi connectivity index (χ4n) is 3.71. The second-order valence-corrected chi connectivity index (χ2v) is 8.00. The molecule has 1 aliphatic rings. The normalized spacial score (nSPS) is 14.5. The number of carbonyl (C=O) groups excluding carboxylic acids is 1. The predicted octanol–water partition coefficient (Wildman–Crippen LogP) is 4.06. The molecule has 0 atom stereocenters. The van der Waals surface area contributed by atoms with Gasteiger partial charge >= 0.3 is 0 Å². The molecule has 0 aromatic heterocycles. The number of aliphatic imine (C=N–C) groups is 1. The number of amides is 1. The van der Waals surface area contributed by atoms with Crippen LogP contribution in [0, 0.1) is 0 Å². The zero-order chi connectivity index (χ0) is 22.1. The van der Waals surface area contributed by atoms with Crippen molar-refractivity contribution in [3.8, 4) is 5.75 Å². The van der Waals surface area contributed by atoms with Crippen LogP contribution in [0.25, 0.3) is 0 Å². The summed E-state index contributed by atoms with van der Waals surface area (Å²) in [6.07, 6.45) is 3.01. The second-order valence-electron chi connectivity index (χ2n) is 8.00. The summed E-state index contributed by atoms with van der Waals surface area (Å²) in [7, 11) is 3.55. The molecule has 2 aromatic carbocycles. The molecule has 1 heterocycles. The minimum Gasteiger partial charge on any atom is -0.490 e. The molecule has 174 valence electrons. The number of benzene rings is 2. The van der Waals surface area contributed by atoms with Crippen molar-refractivity contribution >= 4 is 35.8 Å². The zero-order valence-corrected chi connectivity index (χ0v) is 21.6. The first-order chi connectivity index (χ1) is 15.1. The SMILES string of the molecule is CCNC(=NCCc1cccc(C(=O)N(C)C)c1)N1CCC(Oc2ccccc2)CC1.I. The van der Waals surface area contributed by atoms with E-state index >= 15 is 0 Å². The lowest BCUT2D eigenvalue weighted by atomic mass is 10.1. The average molecular weight is 550 g/mol. The van der Waals surface area contributed by atoms with Crippen LogP contribution in [0.1, 0.15) is 35.7 Å². The van der Waals surface area contributed by atoms with E-state index in [1.807, 2.05) is 48.5 Å². The van der Waals surface area contributed by atoms with Crippen molar-refractivity contribution in [1.82, 2.24) is 15.1 Å². The molecule has 0 unspecified atom stereocenters. The largest absolute Gasteiger partial charge is 0.490 e. The molecule has 1 N–H and O–H groups in total. The Morgan fingerprint density at radius 2 is 1.84 bits per heavy atom. The summed E-state index contributed by atoms with van der Waals surface area (Å²) < 4.78 is 6.11. The van der Waals surface area contributed by atoms with Gasteiger partial charge in [0.1, 0.15) is 11.9 Å². The summed E-state index contributed by atoms with van der Waals surface area (Å²) in [6.45, 7) is 5.47. The van der Waals surface area contributed by atoms with E-state index in [2.05, 4.69) is 23.2 Å². The zero-order valence-electron chi connectivity index (χ0n) is 19.3. The van der Waals surface area contributed by atoms with Crippen molar-refractivity contribution in [2.45, 2.75) is 32.3 Å². The molecule has 0 aliphatic carbocycles. The Labute approximate surface area is 209 Å². The third kappa shape index (κ3) is 7.69. The smallest absolute Gasteiger partial charge is 0.253 e. The number of rotatable bonds is 7. The molecule has 1 fully saturated rings. The van der Waals surface area contributed by atoms with Crippen LogP contribution in [0.4, 0.5) is 0 Å². The highest BCUT2D eigenvalue weighted by Gasteiger charge is 2.22. The first-order valence-electron chi connectivity index (χ1n) is 11.1. The Morgan fingerprint density at radius 3 is 2.50 bits per heavy atom. The van der Waals surface area contributed by atoms with Gasteiger partial charge in [-0.25, -0.2) is 0 Å². The van der Waals surface area contributed by atoms with Gasteiger partial charge in [0.25, 0.3) is 5.91 Å². The molecule has 0 radical (unpaired) electrons. The summed E-state index contributed by atoms with van der Waals surface area (Å²) in [5.74, 6) is 1.93. The van der Waals surface area contributed by atoms with Gasteiger partial charge in [-0.2, -0.15) is 0 Å². The van der Waals surface area contributed by atoms with Crippen LogP contribution in [0.5, 0.6) is 5.75 Å². The number of carbonyl (C=O) groups is 1. The van der Waals surface area contributed by atoms with Gasteiger partial charge in [0.2, 0.25) is 0 Å². The lowest BCUT2D eigenvalue weighted by Gasteiger charge is -2.34. The number of halogens is 1. The van der Waals surface area contributed by atoms with Crippen LogP contribution in [0.2, 0.25) is 0 Å². The number of guanidine groups is 1. The second kappa shape index (κ2) is 13.3. The van der Waals surface area contributed by atoms with Crippen molar-refractivity contribution in [3.05, 3.63) is 65.7 Å². The van der Waals surface area contributed by atoms with Gasteiger partial charge in [-0.1, -0.05) is 30.3 Å². The van der Waals surface area contributed by atoms with E-state index in [4.69, 9.17) is 9.73 Å². The van der Waals surface area contributed by atoms with Crippen LogP contribution in [0.15, 0.2) is 59.6 Å². The molecule has 3 rings (SSSR count). The minimum atomic E-state index is 0. The molecular weight excluding hydrogens is 515 g/mol. The standard InChI is InChI=1S/C25H34N4O2.HI/c1-4-26-25(27-16-13-20-9-8-10-21(19-20)24(30)28(2)3)29-17-14-23(15-18-29)31-22-11-6-5-7-12-22;/h5-12,19,23H,4,13-18H2,1-3H3,(H,26,27);1H. The van der Waals surface area contributed by atoms with E-state index in [-0.39, 0.29) is 36.0 Å². The summed E-state index contributed by atoms with van der Waals surface area (Å²) in [4.78, 5) is 21.0. The molecule has 7 heteroatoms. The summed E-state index contributed by atoms with van der Waals surface area (Å²) in [5, 5.41) is 3.42. The van der Waals surface area contributed by atoms with Gasteiger partial charge < -0.3 is 19.9 Å². The first-order valence-corrected chi connectivity index (χ1v) is 11.1. The van der Waals surface area contributed by atoms with Crippen molar-refractivity contribution in [2.24, 2.45) is 4.99 Å². The van der Waals surface area contributed by atoms with Crippen molar-refractivity contribution in [3.63, 3.8) is 0 Å². The lowest BCUT2D eigenvalue weighted by Crippen LogP contribution is -2.47. The molecule has 0 bridgehead atoms. The number of nitrogens with zero attached hydrogens (tertiary/aromatic N) is 3. The van der Waals surface area contributed by atoms with Gasteiger partial charge in [-0.05, 0) is 43.2 Å². The predicted molar refractivity (Wildman–Crippen MR) is 141 cm³/mol. The highest BCUT2D eigenvalue weighted by molar-refractivity contribution is 14.0. The van der Waals surface area contributed by atoms with Crippen LogP contribution >= 0.6 is 24.0 Å². The van der Waals surface area contributed by atoms with E-state index in [1.54, 1.807) is 19.0 Å². The number of piperidine rings is 1. The maximum absolute atomic E-state index is 12.2. The fraction of sp³-hybridized carbons (Fsp3) is 0.440. The maximum atomic E-state index is 12.2. The number of ether oxygens (including phenoxy) is 1. The summed E-state index contributed by atoms with van der Waals surface area (Å²) in [6, 6.07) is 17.9. The van der Waals surface area contributed by atoms with E-state index < -0.39 is 0 Å². The molecule has 1 amide bonds. The Hall–Kier alpha value is -2.29. The molecule has 1 saturated heterocycles. The molecule has 32 heavy (non-hydrogen) atoms. The monoisotopic (exact) mass is 550 g/mol. The maximum Gasteiger partial charge on any atom is 0.253 e. The van der Waals surface area contributed by atoms with E-state index in [0.29, 0.717) is 6.54 Å². The summed E-state index contributed by atoms with van der Waals surface area (Å²) >= 11 is 0. The highest BCUT2D eigenvalue weighted by Crippen LogP contribution is 2.18. The molecule has 0 saturated carbocycles. The number of hydrogen-bond acceptors (Lipinski definition) is 3. The highest BCUT2D eigenvalue weighted by atomic mass is 127. The van der Waals surface area contributed by atoms with E-state index in [0.717, 1.165) is 61.7 Å². The number of para-hydroxylation sites is 1. The van der Waals surface area contributed by atoms with Gasteiger partial charge in [-0.3, -0.25) is 9.79 Å². The van der Waals surface area contributed by atoms with Gasteiger partial charge in [0.05, 0.1) is 0 Å². The van der Waals surface area contributed by atoms with Crippen LogP contribution in [-0.4, -0.2) is 68.0 Å². The molecule has 2 aromatic rings. The van der Waals surface area contributed by atoms with Gasteiger partial charge in [0.15, 0.2) is 5.96 Å². The lowest BCUT2D eigenvalue weighted by molar-refractivity contribution is 0.0827. The summed E-state index contributed by atoms with van der Waals surface area (Å²) in [5.41, 5.74) is 1.85. The molecule has 1 aliphatic heterocycles. The minimum absolute atomic E-state index is 0. The van der Waals surface area contributed by atoms with Crippen LogP contribution in [-0.2, 0) is 6.42 Å². The number of nitrogens with one attached hydrogen (secondary N) is 1.